The predicted octanol–water partition coefficient (Wildman–Crippen LogP) is 3.85. The number of nitro benzene ring substituents is 1. The van der Waals surface area contributed by atoms with Gasteiger partial charge in [0.1, 0.15) is 12.4 Å². The van der Waals surface area contributed by atoms with E-state index in [4.69, 9.17) is 10.1 Å². The van der Waals surface area contributed by atoms with Crippen LogP contribution in [0.5, 0.6) is 5.75 Å². The second kappa shape index (κ2) is 9.10. The summed E-state index contributed by atoms with van der Waals surface area (Å²) >= 11 is 1.33. The average molecular weight is 477 g/mol. The Bertz CT molecular complexity index is 1250. The Labute approximate surface area is 199 Å². The van der Waals surface area contributed by atoms with Crippen molar-refractivity contribution in [3.63, 3.8) is 0 Å². The van der Waals surface area contributed by atoms with Crippen LogP contribution in [0.4, 0.5) is 5.69 Å². The summed E-state index contributed by atoms with van der Waals surface area (Å²) in [5, 5.41) is 26.4. The summed E-state index contributed by atoms with van der Waals surface area (Å²) in [7, 11) is 0. The number of hydrazone groups is 1. The maximum Gasteiger partial charge on any atom is 0.283 e. The third-order valence-corrected chi connectivity index (χ3v) is 6.53. The van der Waals surface area contributed by atoms with Crippen LogP contribution in [-0.4, -0.2) is 50.0 Å². The average Bonchev–Trinajstić information content (AvgIpc) is 3.52. The number of amides is 1. The van der Waals surface area contributed by atoms with Crippen molar-refractivity contribution in [1.82, 2.24) is 9.91 Å². The lowest BCUT2D eigenvalue weighted by Gasteiger charge is -2.20. The Balaban J connectivity index is 1.26. The van der Waals surface area contributed by atoms with Gasteiger partial charge in [0, 0.05) is 25.2 Å². The van der Waals surface area contributed by atoms with Crippen molar-refractivity contribution in [2.45, 2.75) is 19.4 Å². The minimum atomic E-state index is -0.458. The van der Waals surface area contributed by atoms with E-state index in [9.17, 15) is 14.9 Å². The molecule has 0 atom stereocenters. The molecule has 0 aliphatic carbocycles. The summed E-state index contributed by atoms with van der Waals surface area (Å²) in [4.78, 5) is 29.2. The first-order chi connectivity index (χ1) is 16.5. The number of carbonyl (C=O) groups excluding carboxylic acids is 1. The molecule has 34 heavy (non-hydrogen) atoms. The maximum absolute atomic E-state index is 12.6. The Hall–Kier alpha value is -3.99. The van der Waals surface area contributed by atoms with Gasteiger partial charge in [0.2, 0.25) is 5.17 Å². The van der Waals surface area contributed by atoms with Gasteiger partial charge in [-0.05, 0) is 66.1 Å². The quantitative estimate of drug-likeness (QED) is 0.395. The molecule has 2 aromatic rings. The fourth-order valence-electron chi connectivity index (χ4n) is 3.73. The van der Waals surface area contributed by atoms with Crippen LogP contribution >= 0.6 is 11.8 Å². The first-order valence-electron chi connectivity index (χ1n) is 10.7. The molecule has 10 nitrogen and oxygen atoms in total. The number of nitrogens with one attached hydrogen (secondary N) is 1. The van der Waals surface area contributed by atoms with Gasteiger partial charge in [-0.25, -0.2) is 0 Å². The highest BCUT2D eigenvalue weighted by Crippen LogP contribution is 2.31. The zero-order valence-corrected chi connectivity index (χ0v) is 18.8. The lowest BCUT2D eigenvalue weighted by molar-refractivity contribution is -0.384. The van der Waals surface area contributed by atoms with E-state index in [1.165, 1.54) is 28.9 Å². The first kappa shape index (κ1) is 21.8. The molecule has 1 amide bonds. The first-order valence-corrected chi connectivity index (χ1v) is 11.5. The van der Waals surface area contributed by atoms with E-state index < -0.39 is 10.8 Å². The van der Waals surface area contributed by atoms with Gasteiger partial charge >= 0.3 is 0 Å². The number of likely N-dealkylation sites (tertiary alicyclic amines) is 1. The summed E-state index contributed by atoms with van der Waals surface area (Å²) in [6.07, 6.45) is 3.85. The summed E-state index contributed by atoms with van der Waals surface area (Å²) in [5.41, 5.74) is 1.75. The summed E-state index contributed by atoms with van der Waals surface area (Å²) in [5.74, 6) is 0.164. The molecular weight excluding hydrogens is 456 g/mol. The molecule has 1 saturated heterocycles. The van der Waals surface area contributed by atoms with Gasteiger partial charge < -0.3 is 9.64 Å². The largest absolute Gasteiger partial charge is 0.489 e. The molecule has 0 saturated carbocycles. The third kappa shape index (κ3) is 4.42. The Morgan fingerprint density at radius 1 is 1.09 bits per heavy atom. The van der Waals surface area contributed by atoms with Gasteiger partial charge in [-0.15, -0.1) is 5.10 Å². The number of rotatable bonds is 5. The predicted molar refractivity (Wildman–Crippen MR) is 130 cm³/mol. The van der Waals surface area contributed by atoms with Crippen LogP contribution in [0.1, 0.15) is 24.0 Å². The molecule has 1 N–H and O–H groups in total. The van der Waals surface area contributed by atoms with Crippen LogP contribution in [0.25, 0.3) is 6.08 Å². The van der Waals surface area contributed by atoms with Gasteiger partial charge in [-0.3, -0.25) is 20.3 Å². The summed E-state index contributed by atoms with van der Waals surface area (Å²) in [6.45, 7) is 2.12. The van der Waals surface area contributed by atoms with E-state index >= 15 is 0 Å². The van der Waals surface area contributed by atoms with Crippen molar-refractivity contribution in [3.05, 3.63) is 75.3 Å². The highest BCUT2D eigenvalue weighted by atomic mass is 32.2. The Morgan fingerprint density at radius 2 is 1.79 bits per heavy atom. The van der Waals surface area contributed by atoms with Crippen LogP contribution in [-0.2, 0) is 11.4 Å². The SMILES string of the molecule is N=C1/C(=C/c2ccc(OCc3ccc([N+](=O)[O-])cc3)cc2)C(=O)N=C2SC(N3CCCC3)=NN12. The molecule has 0 aromatic heterocycles. The standard InChI is InChI=1S/C23H20N6O4S/c24-20-19(21(30)25-22-28(20)26-23(34-22)27-11-1-2-12-27)13-15-5-9-18(10-6-15)33-14-16-3-7-17(8-4-16)29(31)32/h3-10,13,24H,1-2,11-12,14H2/b19-13-,24-20?. The summed E-state index contributed by atoms with van der Waals surface area (Å²) < 4.78 is 5.74. The summed E-state index contributed by atoms with van der Waals surface area (Å²) in [6, 6.07) is 13.3. The van der Waals surface area contributed by atoms with Crippen LogP contribution < -0.4 is 4.74 Å². The molecule has 3 heterocycles. The molecule has 0 bridgehead atoms. The number of carbonyl (C=O) groups is 1. The second-order valence-corrected chi connectivity index (χ2v) is 8.81. The molecule has 11 heteroatoms. The molecule has 3 aliphatic rings. The minimum absolute atomic E-state index is 0.00944. The zero-order valence-electron chi connectivity index (χ0n) is 18.0. The zero-order chi connectivity index (χ0) is 23.7. The molecule has 3 aliphatic heterocycles. The maximum atomic E-state index is 12.6. The highest BCUT2D eigenvalue weighted by molar-refractivity contribution is 8.26. The number of nitro groups is 1. The van der Waals surface area contributed by atoms with Crippen molar-refractivity contribution in [2.24, 2.45) is 10.1 Å². The minimum Gasteiger partial charge on any atom is -0.489 e. The van der Waals surface area contributed by atoms with E-state index in [0.717, 1.165) is 42.2 Å². The van der Waals surface area contributed by atoms with Gasteiger partial charge in [0.15, 0.2) is 11.0 Å². The van der Waals surface area contributed by atoms with Crippen molar-refractivity contribution < 1.29 is 14.5 Å². The number of ether oxygens (including phenoxy) is 1. The van der Waals surface area contributed by atoms with Crippen molar-refractivity contribution >= 4 is 45.6 Å². The second-order valence-electron chi connectivity index (χ2n) is 7.88. The third-order valence-electron chi connectivity index (χ3n) is 5.56. The number of non-ortho nitro benzene ring substituents is 1. The number of thioether (sulfide) groups is 1. The Kier molecular flexibility index (Phi) is 5.84. The van der Waals surface area contributed by atoms with Gasteiger partial charge in [-0.1, -0.05) is 12.1 Å². The number of nitrogens with zero attached hydrogens (tertiary/aromatic N) is 5. The van der Waals surface area contributed by atoms with Gasteiger partial charge in [-0.2, -0.15) is 10.0 Å². The fraction of sp³-hybridized carbons (Fsp3) is 0.217. The number of hydrogen-bond donors (Lipinski definition) is 1. The number of amidine groups is 3. The topological polar surface area (TPSA) is 124 Å². The number of benzene rings is 2. The number of hydrogen-bond acceptors (Lipinski definition) is 8. The molecule has 0 unspecified atom stereocenters. The highest BCUT2D eigenvalue weighted by Gasteiger charge is 2.37. The normalized spacial score (nSPS) is 18.8. The molecular formula is C23H20N6O4S. The molecule has 0 radical (unpaired) electrons. The van der Waals surface area contributed by atoms with E-state index in [2.05, 4.69) is 15.0 Å². The lowest BCUT2D eigenvalue weighted by atomic mass is 10.1. The Morgan fingerprint density at radius 3 is 2.47 bits per heavy atom. The molecule has 2 aromatic carbocycles. The van der Waals surface area contributed by atoms with Gasteiger partial charge in [0.05, 0.1) is 10.5 Å². The van der Waals surface area contributed by atoms with Crippen molar-refractivity contribution in [1.29, 1.82) is 5.41 Å². The number of fused-ring (bicyclic) bond motifs is 1. The van der Waals surface area contributed by atoms with E-state index in [1.54, 1.807) is 42.5 Å². The van der Waals surface area contributed by atoms with Crippen LogP contribution in [0.15, 0.2) is 64.2 Å². The smallest absolute Gasteiger partial charge is 0.283 e. The van der Waals surface area contributed by atoms with E-state index in [1.807, 2.05) is 0 Å². The lowest BCUT2D eigenvalue weighted by Crippen LogP contribution is -2.35. The molecule has 5 rings (SSSR count). The monoisotopic (exact) mass is 476 g/mol. The van der Waals surface area contributed by atoms with Crippen LogP contribution in [0.3, 0.4) is 0 Å². The van der Waals surface area contributed by atoms with Crippen LogP contribution in [0.2, 0.25) is 0 Å². The van der Waals surface area contributed by atoms with Crippen molar-refractivity contribution in [3.8, 4) is 5.75 Å². The van der Waals surface area contributed by atoms with Gasteiger partial charge in [0.25, 0.3) is 11.6 Å². The molecule has 1 fully saturated rings. The fourth-order valence-corrected chi connectivity index (χ4v) is 4.67. The molecule has 0 spiro atoms. The van der Waals surface area contributed by atoms with E-state index in [-0.39, 0.29) is 23.7 Å². The molecule has 172 valence electrons. The van der Waals surface area contributed by atoms with Crippen LogP contribution in [0, 0.1) is 15.5 Å². The van der Waals surface area contributed by atoms with Crippen molar-refractivity contribution in [2.75, 3.05) is 13.1 Å². The number of aliphatic imine (C=N–C) groups is 1. The van der Waals surface area contributed by atoms with E-state index in [0.29, 0.717) is 10.9 Å².